The van der Waals surface area contributed by atoms with E-state index in [-0.39, 0.29) is 6.04 Å². The van der Waals surface area contributed by atoms with Crippen LogP contribution in [0.5, 0.6) is 0 Å². The van der Waals surface area contributed by atoms with Crippen LogP contribution in [0.25, 0.3) is 0 Å². The normalized spacial score (nSPS) is 12.7. The number of hydrogen-bond donors (Lipinski definition) is 1. The molecule has 2 aromatic rings. The predicted octanol–water partition coefficient (Wildman–Crippen LogP) is 4.82. The lowest BCUT2D eigenvalue weighted by atomic mass is 9.95. The molecule has 2 nitrogen and oxygen atoms in total. The molecule has 1 unspecified atom stereocenters. The summed E-state index contributed by atoms with van der Waals surface area (Å²) in [5.74, 6) is 1.84. The van der Waals surface area contributed by atoms with E-state index in [4.69, 9.17) is 27.6 Å². The van der Waals surface area contributed by atoms with Crippen LogP contribution in [0.4, 0.5) is 0 Å². The highest BCUT2D eigenvalue weighted by Gasteiger charge is 2.23. The van der Waals surface area contributed by atoms with Gasteiger partial charge >= 0.3 is 0 Å². The number of benzene rings is 1. The first kappa shape index (κ1) is 14.4. The molecule has 0 spiro atoms. The summed E-state index contributed by atoms with van der Waals surface area (Å²) in [6.45, 7) is 6.00. The molecular formula is C15H17Cl2NO. The van der Waals surface area contributed by atoms with Gasteiger partial charge in [-0.15, -0.1) is 0 Å². The third-order valence-electron chi connectivity index (χ3n) is 3.46. The summed E-state index contributed by atoms with van der Waals surface area (Å²) in [5.41, 5.74) is 3.24. The van der Waals surface area contributed by atoms with Crippen LogP contribution in [-0.4, -0.2) is 7.05 Å². The first-order chi connectivity index (χ1) is 8.95. The topological polar surface area (TPSA) is 25.2 Å². The summed E-state index contributed by atoms with van der Waals surface area (Å²) < 4.78 is 5.70. The van der Waals surface area contributed by atoms with Gasteiger partial charge in [0.05, 0.1) is 6.04 Å². The van der Waals surface area contributed by atoms with Crippen molar-refractivity contribution in [3.05, 3.63) is 56.5 Å². The molecule has 1 aromatic carbocycles. The van der Waals surface area contributed by atoms with Crippen molar-refractivity contribution in [2.75, 3.05) is 7.05 Å². The van der Waals surface area contributed by atoms with Crippen LogP contribution >= 0.6 is 23.2 Å². The molecule has 0 aliphatic carbocycles. The van der Waals surface area contributed by atoms with E-state index in [1.54, 1.807) is 6.07 Å². The zero-order valence-electron chi connectivity index (χ0n) is 11.5. The first-order valence-electron chi connectivity index (χ1n) is 6.14. The Morgan fingerprint density at radius 3 is 2.32 bits per heavy atom. The summed E-state index contributed by atoms with van der Waals surface area (Å²) in [5, 5.41) is 4.67. The van der Waals surface area contributed by atoms with Crippen LogP contribution in [0.3, 0.4) is 0 Å². The summed E-state index contributed by atoms with van der Waals surface area (Å²) in [6.07, 6.45) is 0. The lowest BCUT2D eigenvalue weighted by Crippen LogP contribution is -2.19. The maximum atomic E-state index is 6.30. The van der Waals surface area contributed by atoms with Crippen molar-refractivity contribution >= 4 is 23.2 Å². The Bertz CT molecular complexity index is 604. The predicted molar refractivity (Wildman–Crippen MR) is 80.3 cm³/mol. The molecule has 0 fully saturated rings. The summed E-state index contributed by atoms with van der Waals surface area (Å²) >= 11 is 12.4. The van der Waals surface area contributed by atoms with E-state index < -0.39 is 0 Å². The summed E-state index contributed by atoms with van der Waals surface area (Å²) in [6, 6.07) is 5.48. The Morgan fingerprint density at radius 1 is 1.11 bits per heavy atom. The van der Waals surface area contributed by atoms with Gasteiger partial charge in [0.15, 0.2) is 0 Å². The standard InChI is InChI=1S/C15H17Cl2NO/c1-8-9(2)19-10(3)14(8)15(18-4)12-7-11(16)5-6-13(12)17/h5-7,15,18H,1-4H3. The van der Waals surface area contributed by atoms with Crippen molar-refractivity contribution in [1.82, 2.24) is 5.32 Å². The van der Waals surface area contributed by atoms with Crippen LogP contribution in [-0.2, 0) is 0 Å². The third kappa shape index (κ3) is 2.66. The Balaban J connectivity index is 2.59. The molecule has 1 atom stereocenters. The van der Waals surface area contributed by atoms with Crippen molar-refractivity contribution in [3.8, 4) is 0 Å². The van der Waals surface area contributed by atoms with E-state index in [9.17, 15) is 0 Å². The second kappa shape index (κ2) is 5.58. The van der Waals surface area contributed by atoms with E-state index >= 15 is 0 Å². The molecule has 102 valence electrons. The van der Waals surface area contributed by atoms with Gasteiger partial charge in [-0.2, -0.15) is 0 Å². The SMILES string of the molecule is CNC(c1cc(Cl)ccc1Cl)c1c(C)oc(C)c1C. The molecule has 0 aliphatic heterocycles. The van der Waals surface area contributed by atoms with Crippen LogP contribution < -0.4 is 5.32 Å². The van der Waals surface area contributed by atoms with Gasteiger partial charge in [-0.3, -0.25) is 0 Å². The third-order valence-corrected chi connectivity index (χ3v) is 4.04. The lowest BCUT2D eigenvalue weighted by Gasteiger charge is -2.19. The molecule has 19 heavy (non-hydrogen) atoms. The van der Waals surface area contributed by atoms with Gasteiger partial charge < -0.3 is 9.73 Å². The van der Waals surface area contributed by atoms with E-state index in [0.717, 1.165) is 28.2 Å². The van der Waals surface area contributed by atoms with Crippen molar-refractivity contribution < 1.29 is 4.42 Å². The van der Waals surface area contributed by atoms with Gasteiger partial charge in [-0.1, -0.05) is 23.2 Å². The van der Waals surface area contributed by atoms with Crippen LogP contribution in [0.15, 0.2) is 22.6 Å². The van der Waals surface area contributed by atoms with E-state index in [1.807, 2.05) is 33.0 Å². The largest absolute Gasteiger partial charge is 0.466 e. The zero-order valence-corrected chi connectivity index (χ0v) is 13.0. The van der Waals surface area contributed by atoms with Gasteiger partial charge in [0, 0.05) is 15.6 Å². The number of nitrogens with one attached hydrogen (secondary N) is 1. The fourth-order valence-electron chi connectivity index (χ4n) is 2.43. The van der Waals surface area contributed by atoms with Crippen LogP contribution in [0.2, 0.25) is 10.0 Å². The van der Waals surface area contributed by atoms with Crippen molar-refractivity contribution in [2.24, 2.45) is 0 Å². The molecule has 4 heteroatoms. The second-order valence-electron chi connectivity index (χ2n) is 4.64. The first-order valence-corrected chi connectivity index (χ1v) is 6.90. The molecular weight excluding hydrogens is 281 g/mol. The monoisotopic (exact) mass is 297 g/mol. The van der Waals surface area contributed by atoms with Crippen LogP contribution in [0, 0.1) is 20.8 Å². The summed E-state index contributed by atoms with van der Waals surface area (Å²) in [7, 11) is 1.91. The molecule has 0 saturated heterocycles. The number of halogens is 2. The minimum absolute atomic E-state index is 0.0244. The average molecular weight is 298 g/mol. The number of aryl methyl sites for hydroxylation is 2. The molecule has 0 saturated carbocycles. The molecule has 0 amide bonds. The quantitative estimate of drug-likeness (QED) is 0.878. The fourth-order valence-corrected chi connectivity index (χ4v) is 2.83. The Hall–Kier alpha value is -0.960. The van der Waals surface area contributed by atoms with E-state index in [0.29, 0.717) is 10.0 Å². The molecule has 2 rings (SSSR count). The highest BCUT2D eigenvalue weighted by molar-refractivity contribution is 6.33. The van der Waals surface area contributed by atoms with Crippen LogP contribution in [0.1, 0.15) is 34.3 Å². The average Bonchev–Trinajstić information content (AvgIpc) is 2.61. The highest BCUT2D eigenvalue weighted by Crippen LogP contribution is 2.35. The maximum absolute atomic E-state index is 6.30. The summed E-state index contributed by atoms with van der Waals surface area (Å²) in [4.78, 5) is 0. The van der Waals surface area contributed by atoms with Gasteiger partial charge in [0.25, 0.3) is 0 Å². The van der Waals surface area contributed by atoms with Gasteiger partial charge in [-0.25, -0.2) is 0 Å². The van der Waals surface area contributed by atoms with Gasteiger partial charge in [0.2, 0.25) is 0 Å². The Labute approximate surface area is 123 Å². The molecule has 0 aliphatic rings. The Kier molecular flexibility index (Phi) is 4.24. The minimum atomic E-state index is -0.0244. The maximum Gasteiger partial charge on any atom is 0.106 e. The number of hydrogen-bond acceptors (Lipinski definition) is 2. The van der Waals surface area contributed by atoms with Crippen molar-refractivity contribution in [1.29, 1.82) is 0 Å². The number of rotatable bonds is 3. The second-order valence-corrected chi connectivity index (χ2v) is 5.48. The van der Waals surface area contributed by atoms with Crippen molar-refractivity contribution in [2.45, 2.75) is 26.8 Å². The van der Waals surface area contributed by atoms with E-state index in [2.05, 4.69) is 12.2 Å². The zero-order chi connectivity index (χ0) is 14.2. The molecule has 1 heterocycles. The molecule has 1 aromatic heterocycles. The lowest BCUT2D eigenvalue weighted by molar-refractivity contribution is 0.496. The highest BCUT2D eigenvalue weighted by atomic mass is 35.5. The van der Waals surface area contributed by atoms with E-state index in [1.165, 1.54) is 0 Å². The molecule has 1 N–H and O–H groups in total. The molecule has 0 bridgehead atoms. The Morgan fingerprint density at radius 2 is 1.79 bits per heavy atom. The smallest absolute Gasteiger partial charge is 0.106 e. The molecule has 0 radical (unpaired) electrons. The van der Waals surface area contributed by atoms with Crippen molar-refractivity contribution in [3.63, 3.8) is 0 Å². The van der Waals surface area contributed by atoms with Gasteiger partial charge in [0.1, 0.15) is 11.5 Å². The number of furan rings is 1. The minimum Gasteiger partial charge on any atom is -0.466 e. The van der Waals surface area contributed by atoms with Gasteiger partial charge in [-0.05, 0) is 57.1 Å². The fraction of sp³-hybridized carbons (Fsp3) is 0.333.